The molecular weight excluding hydrogens is 386 g/mol. The zero-order valence-corrected chi connectivity index (χ0v) is 17.6. The lowest BCUT2D eigenvalue weighted by Gasteiger charge is -2.33. The van der Waals surface area contributed by atoms with Gasteiger partial charge in [-0.15, -0.1) is 0 Å². The number of nitrogens with zero attached hydrogens (tertiary/aromatic N) is 3. The van der Waals surface area contributed by atoms with Gasteiger partial charge in [-0.05, 0) is 41.5 Å². The number of morpholine rings is 1. The molecule has 5 nitrogen and oxygen atoms in total. The lowest BCUT2D eigenvalue weighted by molar-refractivity contribution is -0.0348. The van der Waals surface area contributed by atoms with E-state index >= 15 is 0 Å². The van der Waals surface area contributed by atoms with E-state index in [4.69, 9.17) is 14.5 Å². The molecule has 2 aromatic heterocycles. The number of hydrogen-bond acceptors (Lipinski definition) is 5. The van der Waals surface area contributed by atoms with E-state index in [0.717, 1.165) is 47.7 Å². The Hall–Kier alpha value is -3.28. The van der Waals surface area contributed by atoms with E-state index < -0.39 is 0 Å². The van der Waals surface area contributed by atoms with Crippen molar-refractivity contribution in [3.63, 3.8) is 0 Å². The summed E-state index contributed by atoms with van der Waals surface area (Å²) >= 11 is 0. The molecule has 0 aliphatic carbocycles. The van der Waals surface area contributed by atoms with Crippen LogP contribution in [0, 0.1) is 0 Å². The van der Waals surface area contributed by atoms with E-state index in [2.05, 4.69) is 52.3 Å². The highest BCUT2D eigenvalue weighted by Gasteiger charge is 2.23. The number of aromatic nitrogens is 2. The van der Waals surface area contributed by atoms with Crippen LogP contribution in [0.2, 0.25) is 0 Å². The van der Waals surface area contributed by atoms with E-state index in [1.165, 1.54) is 10.9 Å². The number of pyridine rings is 2. The van der Waals surface area contributed by atoms with Crippen molar-refractivity contribution in [1.29, 1.82) is 0 Å². The fourth-order valence-electron chi connectivity index (χ4n) is 4.14. The van der Waals surface area contributed by atoms with Gasteiger partial charge in [-0.3, -0.25) is 14.9 Å². The Kier molecular flexibility index (Phi) is 5.61. The lowest BCUT2D eigenvalue weighted by Crippen LogP contribution is -2.38. The van der Waals surface area contributed by atoms with Gasteiger partial charge in [0.15, 0.2) is 0 Å². The predicted molar refractivity (Wildman–Crippen MR) is 122 cm³/mol. The molecule has 4 aromatic rings. The molecule has 1 saturated heterocycles. The summed E-state index contributed by atoms with van der Waals surface area (Å²) in [5.74, 6) is 0.844. The summed E-state index contributed by atoms with van der Waals surface area (Å²) < 4.78 is 11.4. The topological polar surface area (TPSA) is 47.5 Å². The summed E-state index contributed by atoms with van der Waals surface area (Å²) in [5.41, 5.74) is 5.47. The van der Waals surface area contributed by atoms with Crippen molar-refractivity contribution in [2.45, 2.75) is 12.6 Å². The van der Waals surface area contributed by atoms with Gasteiger partial charge in [0.05, 0.1) is 24.9 Å². The second kappa shape index (κ2) is 8.84. The number of fused-ring (bicyclic) bond motifs is 1. The highest BCUT2D eigenvalue weighted by molar-refractivity contribution is 5.81. The van der Waals surface area contributed by atoms with E-state index in [-0.39, 0.29) is 6.10 Å². The van der Waals surface area contributed by atoms with Crippen LogP contribution in [0.25, 0.3) is 22.0 Å². The maximum Gasteiger partial charge on any atom is 0.119 e. The molecule has 3 heterocycles. The first-order valence-electron chi connectivity index (χ1n) is 10.6. The number of methoxy groups -OCH3 is 1. The van der Waals surface area contributed by atoms with Gasteiger partial charge in [0.25, 0.3) is 0 Å². The van der Waals surface area contributed by atoms with Crippen molar-refractivity contribution < 1.29 is 9.47 Å². The maximum atomic E-state index is 6.07. The zero-order valence-electron chi connectivity index (χ0n) is 17.6. The van der Waals surface area contributed by atoms with E-state index in [0.29, 0.717) is 6.61 Å². The Morgan fingerprint density at radius 1 is 1.00 bits per heavy atom. The van der Waals surface area contributed by atoms with Gasteiger partial charge in [0.1, 0.15) is 11.9 Å². The van der Waals surface area contributed by atoms with Crippen molar-refractivity contribution >= 4 is 10.9 Å². The molecule has 0 amide bonds. The van der Waals surface area contributed by atoms with Crippen LogP contribution < -0.4 is 4.74 Å². The number of rotatable bonds is 5. The SMILES string of the molecule is COc1cccc(-c2ccc(C3CN(Cc4cccc5ncccc45)CCO3)nc2)c1. The zero-order chi connectivity index (χ0) is 21.0. The van der Waals surface area contributed by atoms with Gasteiger partial charge in [0.2, 0.25) is 0 Å². The first-order valence-corrected chi connectivity index (χ1v) is 10.6. The van der Waals surface area contributed by atoms with Crippen LogP contribution in [0.4, 0.5) is 0 Å². The van der Waals surface area contributed by atoms with Crippen LogP contribution >= 0.6 is 0 Å². The van der Waals surface area contributed by atoms with E-state index in [9.17, 15) is 0 Å². The number of ether oxygens (including phenoxy) is 2. The van der Waals surface area contributed by atoms with Gasteiger partial charge in [0, 0.05) is 43.0 Å². The van der Waals surface area contributed by atoms with Crippen molar-refractivity contribution in [2.24, 2.45) is 0 Å². The summed E-state index contributed by atoms with van der Waals surface area (Å²) in [6.45, 7) is 3.31. The van der Waals surface area contributed by atoms with Gasteiger partial charge < -0.3 is 9.47 Å². The molecular formula is C26H25N3O2. The van der Waals surface area contributed by atoms with Crippen LogP contribution in [-0.2, 0) is 11.3 Å². The second-order valence-electron chi connectivity index (χ2n) is 7.79. The third-order valence-corrected chi connectivity index (χ3v) is 5.80. The minimum Gasteiger partial charge on any atom is -0.497 e. The van der Waals surface area contributed by atoms with E-state index in [1.807, 2.05) is 36.7 Å². The van der Waals surface area contributed by atoms with Gasteiger partial charge in [-0.1, -0.05) is 36.4 Å². The van der Waals surface area contributed by atoms with Gasteiger partial charge in [-0.25, -0.2) is 0 Å². The third-order valence-electron chi connectivity index (χ3n) is 5.80. The van der Waals surface area contributed by atoms with E-state index in [1.54, 1.807) is 7.11 Å². The fourth-order valence-corrected chi connectivity index (χ4v) is 4.14. The molecule has 0 bridgehead atoms. The Morgan fingerprint density at radius 2 is 1.94 bits per heavy atom. The molecule has 1 unspecified atom stereocenters. The molecule has 1 fully saturated rings. The Bertz CT molecular complexity index is 1170. The predicted octanol–water partition coefficient (Wildman–Crippen LogP) is 4.88. The van der Waals surface area contributed by atoms with Gasteiger partial charge in [-0.2, -0.15) is 0 Å². The third kappa shape index (κ3) is 4.29. The molecule has 1 atom stereocenters. The molecule has 0 radical (unpaired) electrons. The highest BCUT2D eigenvalue weighted by Crippen LogP contribution is 2.27. The average molecular weight is 412 g/mol. The monoisotopic (exact) mass is 411 g/mol. The number of hydrogen-bond donors (Lipinski definition) is 0. The summed E-state index contributed by atoms with van der Waals surface area (Å²) in [5, 5.41) is 1.22. The smallest absolute Gasteiger partial charge is 0.119 e. The van der Waals surface area contributed by atoms with Crippen LogP contribution in [0.5, 0.6) is 5.75 Å². The minimum atomic E-state index is -0.0267. The molecule has 2 aromatic carbocycles. The molecule has 0 spiro atoms. The molecule has 31 heavy (non-hydrogen) atoms. The largest absolute Gasteiger partial charge is 0.497 e. The molecule has 5 heteroatoms. The van der Waals surface area contributed by atoms with Crippen LogP contribution in [0.1, 0.15) is 17.4 Å². The van der Waals surface area contributed by atoms with Crippen LogP contribution in [0.15, 0.2) is 79.1 Å². The lowest BCUT2D eigenvalue weighted by atomic mass is 10.1. The summed E-state index contributed by atoms with van der Waals surface area (Å²) in [6, 6.07) is 22.7. The average Bonchev–Trinajstić information content (AvgIpc) is 2.85. The summed E-state index contributed by atoms with van der Waals surface area (Å²) in [7, 11) is 1.68. The Morgan fingerprint density at radius 3 is 2.81 bits per heavy atom. The normalized spacial score (nSPS) is 17.0. The minimum absolute atomic E-state index is 0.0267. The highest BCUT2D eigenvalue weighted by atomic mass is 16.5. The second-order valence-corrected chi connectivity index (χ2v) is 7.79. The first-order chi connectivity index (χ1) is 15.3. The maximum absolute atomic E-state index is 6.07. The Labute approximate surface area is 182 Å². The van der Waals surface area contributed by atoms with Gasteiger partial charge >= 0.3 is 0 Å². The molecule has 5 rings (SSSR count). The van der Waals surface area contributed by atoms with Crippen LogP contribution in [-0.4, -0.2) is 41.7 Å². The molecule has 156 valence electrons. The molecule has 1 aliphatic rings. The van der Waals surface area contributed by atoms with Crippen molar-refractivity contribution in [2.75, 3.05) is 26.8 Å². The fraction of sp³-hybridized carbons (Fsp3) is 0.231. The van der Waals surface area contributed by atoms with Crippen molar-refractivity contribution in [3.8, 4) is 16.9 Å². The molecule has 0 N–H and O–H groups in total. The van der Waals surface area contributed by atoms with Crippen molar-refractivity contribution in [1.82, 2.24) is 14.9 Å². The quantitative estimate of drug-likeness (QED) is 0.468. The molecule has 0 saturated carbocycles. The van der Waals surface area contributed by atoms with Crippen molar-refractivity contribution in [3.05, 3.63) is 90.4 Å². The van der Waals surface area contributed by atoms with Crippen LogP contribution in [0.3, 0.4) is 0 Å². The first kappa shape index (κ1) is 19.7. The summed E-state index contributed by atoms with van der Waals surface area (Å²) in [4.78, 5) is 11.6. The standard InChI is InChI=1S/C26H25N3O2/c1-30-22-7-2-5-19(15-22)20-10-11-25(28-16-20)26-18-29(13-14-31-26)17-21-6-3-9-24-23(21)8-4-12-27-24/h2-12,15-16,26H,13-14,17-18H2,1H3. The Balaban J connectivity index is 1.31. The number of benzene rings is 2. The summed E-state index contributed by atoms with van der Waals surface area (Å²) in [6.07, 6.45) is 3.74. The molecule has 1 aliphatic heterocycles.